The van der Waals surface area contributed by atoms with Crippen LogP contribution >= 0.6 is 0 Å². The number of nitrogens with one attached hydrogen (secondary N) is 2. The number of likely N-dealkylation sites (tertiary alicyclic amines) is 1. The van der Waals surface area contributed by atoms with Crippen LogP contribution in [0.5, 0.6) is 0 Å². The van der Waals surface area contributed by atoms with Crippen molar-refractivity contribution in [3.8, 4) is 0 Å². The van der Waals surface area contributed by atoms with E-state index in [9.17, 15) is 0 Å². The topological polar surface area (TPSA) is 66.0 Å². The van der Waals surface area contributed by atoms with E-state index in [4.69, 9.17) is 4.98 Å². The molecule has 2 aromatic rings. The Morgan fingerprint density at radius 1 is 1.15 bits per heavy atom. The van der Waals surface area contributed by atoms with Crippen molar-refractivity contribution in [2.24, 2.45) is 0 Å². The Morgan fingerprint density at radius 2 is 2.00 bits per heavy atom. The molecule has 6 nitrogen and oxygen atoms in total. The van der Waals surface area contributed by atoms with E-state index in [-0.39, 0.29) is 0 Å². The molecule has 2 aliphatic heterocycles. The molecule has 26 heavy (non-hydrogen) atoms. The minimum Gasteiger partial charge on any atom is -0.367 e. The van der Waals surface area contributed by atoms with Crippen molar-refractivity contribution in [1.29, 1.82) is 0 Å². The molecule has 0 aliphatic carbocycles. The number of aryl methyl sites for hydroxylation is 1. The summed E-state index contributed by atoms with van der Waals surface area (Å²) in [7, 11) is 0. The van der Waals surface area contributed by atoms with Crippen LogP contribution in [0.2, 0.25) is 0 Å². The van der Waals surface area contributed by atoms with Crippen LogP contribution in [0.15, 0.2) is 24.4 Å². The van der Waals surface area contributed by atoms with Gasteiger partial charge in [-0.1, -0.05) is 6.07 Å². The summed E-state index contributed by atoms with van der Waals surface area (Å²) in [6, 6.07) is 6.64. The van der Waals surface area contributed by atoms with Crippen LogP contribution in [0.25, 0.3) is 0 Å². The number of rotatable bonds is 4. The zero-order valence-corrected chi connectivity index (χ0v) is 15.5. The lowest BCUT2D eigenvalue weighted by Gasteiger charge is -2.32. The van der Waals surface area contributed by atoms with Gasteiger partial charge < -0.3 is 10.6 Å². The average molecular weight is 352 g/mol. The summed E-state index contributed by atoms with van der Waals surface area (Å²) in [5, 5.41) is 7.21. The van der Waals surface area contributed by atoms with Crippen LogP contribution in [-0.4, -0.2) is 52.1 Å². The van der Waals surface area contributed by atoms with Crippen molar-refractivity contribution in [3.05, 3.63) is 47.2 Å². The molecule has 0 aromatic carbocycles. The molecule has 2 N–H and O–H groups in total. The maximum Gasteiger partial charge on any atom is 0.133 e. The van der Waals surface area contributed by atoms with Gasteiger partial charge in [0.05, 0.1) is 11.4 Å². The van der Waals surface area contributed by atoms with E-state index in [0.29, 0.717) is 6.04 Å². The highest BCUT2D eigenvalue weighted by Crippen LogP contribution is 2.23. The van der Waals surface area contributed by atoms with Gasteiger partial charge in [0.1, 0.15) is 11.6 Å². The molecule has 4 rings (SSSR count). The fraction of sp³-hybridized carbons (Fsp3) is 0.550. The zero-order valence-electron chi connectivity index (χ0n) is 15.5. The Balaban J connectivity index is 1.38. The lowest BCUT2D eigenvalue weighted by Crippen LogP contribution is -2.39. The molecule has 2 aliphatic rings. The second kappa shape index (κ2) is 8.10. The van der Waals surface area contributed by atoms with E-state index in [2.05, 4.69) is 37.6 Å². The summed E-state index contributed by atoms with van der Waals surface area (Å²) < 4.78 is 0. The van der Waals surface area contributed by atoms with Crippen LogP contribution in [-0.2, 0) is 19.4 Å². The highest BCUT2D eigenvalue weighted by molar-refractivity contribution is 5.48. The molecular formula is C20H28N6. The Morgan fingerprint density at radius 3 is 2.81 bits per heavy atom. The van der Waals surface area contributed by atoms with Gasteiger partial charge in [0.25, 0.3) is 0 Å². The van der Waals surface area contributed by atoms with Gasteiger partial charge in [-0.2, -0.15) is 0 Å². The summed E-state index contributed by atoms with van der Waals surface area (Å²) >= 11 is 0. The van der Waals surface area contributed by atoms with Crippen molar-refractivity contribution < 1.29 is 0 Å². The van der Waals surface area contributed by atoms with Gasteiger partial charge in [-0.05, 0) is 44.9 Å². The minimum absolute atomic E-state index is 0.490. The van der Waals surface area contributed by atoms with Crippen LogP contribution in [0.1, 0.15) is 35.6 Å². The minimum atomic E-state index is 0.490. The molecule has 1 saturated heterocycles. The van der Waals surface area contributed by atoms with Crippen LogP contribution in [0, 0.1) is 6.92 Å². The van der Waals surface area contributed by atoms with E-state index in [1.165, 1.54) is 11.3 Å². The van der Waals surface area contributed by atoms with Crippen molar-refractivity contribution in [2.45, 2.75) is 45.2 Å². The van der Waals surface area contributed by atoms with Gasteiger partial charge in [0, 0.05) is 50.4 Å². The highest BCUT2D eigenvalue weighted by Gasteiger charge is 2.22. The summed E-state index contributed by atoms with van der Waals surface area (Å²) in [5.41, 5.74) is 3.69. The fourth-order valence-electron chi connectivity index (χ4n) is 3.94. The van der Waals surface area contributed by atoms with Gasteiger partial charge in [-0.15, -0.1) is 0 Å². The third-order valence-corrected chi connectivity index (χ3v) is 5.34. The van der Waals surface area contributed by atoms with E-state index in [0.717, 1.165) is 75.7 Å². The first-order valence-electron chi connectivity index (χ1n) is 9.74. The first-order chi connectivity index (χ1) is 12.8. The summed E-state index contributed by atoms with van der Waals surface area (Å²) in [6.07, 6.45) is 6.17. The van der Waals surface area contributed by atoms with Gasteiger partial charge in [0.2, 0.25) is 0 Å². The van der Waals surface area contributed by atoms with E-state index in [1.807, 2.05) is 19.2 Å². The predicted octanol–water partition coefficient (Wildman–Crippen LogP) is 1.94. The summed E-state index contributed by atoms with van der Waals surface area (Å²) in [6.45, 7) is 7.16. The van der Waals surface area contributed by atoms with Crippen LogP contribution < -0.4 is 10.6 Å². The van der Waals surface area contributed by atoms with E-state index < -0.39 is 0 Å². The lowest BCUT2D eigenvalue weighted by atomic mass is 10.0. The Bertz CT molecular complexity index is 725. The second-order valence-corrected chi connectivity index (χ2v) is 7.31. The smallest absolute Gasteiger partial charge is 0.133 e. The molecular weight excluding hydrogens is 324 g/mol. The largest absolute Gasteiger partial charge is 0.367 e. The molecule has 0 radical (unpaired) electrons. The quantitative estimate of drug-likeness (QED) is 0.877. The van der Waals surface area contributed by atoms with E-state index in [1.54, 1.807) is 0 Å². The molecule has 0 bridgehead atoms. The van der Waals surface area contributed by atoms with E-state index >= 15 is 0 Å². The summed E-state index contributed by atoms with van der Waals surface area (Å²) in [4.78, 5) is 16.4. The number of piperidine rings is 1. The highest BCUT2D eigenvalue weighted by atomic mass is 15.2. The monoisotopic (exact) mass is 352 g/mol. The number of anilines is 1. The van der Waals surface area contributed by atoms with Gasteiger partial charge in [-0.3, -0.25) is 9.88 Å². The number of hydrogen-bond acceptors (Lipinski definition) is 6. The first kappa shape index (κ1) is 17.4. The van der Waals surface area contributed by atoms with Crippen LogP contribution in [0.4, 0.5) is 5.82 Å². The first-order valence-corrected chi connectivity index (χ1v) is 9.74. The number of fused-ring (bicyclic) bond motifs is 1. The van der Waals surface area contributed by atoms with Crippen LogP contribution in [0.3, 0.4) is 0 Å². The number of pyridine rings is 1. The number of hydrogen-bond donors (Lipinski definition) is 2. The maximum atomic E-state index is 4.74. The van der Waals surface area contributed by atoms with Crippen molar-refractivity contribution >= 4 is 5.82 Å². The fourth-order valence-corrected chi connectivity index (χ4v) is 3.94. The Hall–Kier alpha value is -2.05. The number of nitrogens with zero attached hydrogens (tertiary/aromatic N) is 4. The molecule has 138 valence electrons. The zero-order chi connectivity index (χ0) is 17.8. The van der Waals surface area contributed by atoms with Crippen molar-refractivity contribution in [2.75, 3.05) is 31.5 Å². The maximum absolute atomic E-state index is 4.74. The molecule has 0 atom stereocenters. The molecule has 0 unspecified atom stereocenters. The van der Waals surface area contributed by atoms with Gasteiger partial charge in [0.15, 0.2) is 0 Å². The van der Waals surface area contributed by atoms with Crippen molar-refractivity contribution in [1.82, 2.24) is 25.2 Å². The third kappa shape index (κ3) is 4.19. The molecule has 0 saturated carbocycles. The molecule has 4 heterocycles. The molecule has 0 amide bonds. The number of aromatic nitrogens is 3. The predicted molar refractivity (Wildman–Crippen MR) is 103 cm³/mol. The molecule has 6 heteroatoms. The molecule has 2 aromatic heterocycles. The van der Waals surface area contributed by atoms with Crippen molar-refractivity contribution in [3.63, 3.8) is 0 Å². The SMILES string of the molecule is Cc1nc2c(c(NC3CCN(Cc4ccccn4)CC3)n1)CCNCC2. The molecule has 0 spiro atoms. The normalized spacial score (nSPS) is 19.0. The lowest BCUT2D eigenvalue weighted by molar-refractivity contribution is 0.209. The second-order valence-electron chi connectivity index (χ2n) is 7.31. The summed E-state index contributed by atoms with van der Waals surface area (Å²) in [5.74, 6) is 1.94. The average Bonchev–Trinajstić information content (AvgIpc) is 2.90. The third-order valence-electron chi connectivity index (χ3n) is 5.34. The Labute approximate surface area is 155 Å². The van der Waals surface area contributed by atoms with Gasteiger partial charge >= 0.3 is 0 Å². The van der Waals surface area contributed by atoms with Gasteiger partial charge in [-0.25, -0.2) is 9.97 Å². The standard InChI is InChI=1S/C20H28N6/c1-15-23-19-6-11-21-10-5-18(19)20(24-15)25-16-7-12-26(13-8-16)14-17-4-2-3-9-22-17/h2-4,9,16,21H,5-8,10-14H2,1H3,(H,23,24,25). The molecule has 1 fully saturated rings. The Kier molecular flexibility index (Phi) is 5.41.